The maximum Gasteiger partial charge on any atom is 0.490 e. The van der Waals surface area contributed by atoms with Crippen LogP contribution in [0.15, 0.2) is 11.5 Å². The van der Waals surface area contributed by atoms with Crippen molar-refractivity contribution in [3.05, 3.63) is 11.5 Å². The van der Waals surface area contributed by atoms with Gasteiger partial charge in [0.1, 0.15) is 0 Å². The smallest absolute Gasteiger partial charge is 0.400 e. The third-order valence-electron chi connectivity index (χ3n) is 3.83. The topological polar surface area (TPSA) is 47.7 Å². The third kappa shape index (κ3) is 2.05. The van der Waals surface area contributed by atoms with E-state index in [4.69, 9.17) is 15.2 Å². The fourth-order valence-electron chi connectivity index (χ4n) is 1.91. The van der Waals surface area contributed by atoms with E-state index >= 15 is 0 Å². The Balaban J connectivity index is 2.09. The molecule has 16 heavy (non-hydrogen) atoms. The third-order valence-corrected chi connectivity index (χ3v) is 3.83. The Labute approximate surface area is 97.9 Å². The summed E-state index contributed by atoms with van der Waals surface area (Å²) in [6.45, 7) is 9.95. The summed E-state index contributed by atoms with van der Waals surface area (Å²) in [5.41, 5.74) is 0.719. The molecule has 0 aromatic heterocycles. The van der Waals surface area contributed by atoms with Gasteiger partial charge in [-0.2, -0.15) is 0 Å². The van der Waals surface area contributed by atoms with Gasteiger partial charge in [-0.15, -0.1) is 0 Å². The normalized spacial score (nSPS) is 29.3. The van der Waals surface area contributed by atoms with Gasteiger partial charge in [-0.25, -0.2) is 5.01 Å². The fraction of sp³-hybridized carbons (Fsp3) is 0.818. The highest BCUT2D eigenvalue weighted by atomic mass is 16.7. The van der Waals surface area contributed by atoms with E-state index in [2.05, 4.69) is 33.8 Å². The van der Waals surface area contributed by atoms with E-state index in [-0.39, 0.29) is 18.3 Å². The molecule has 0 aromatic carbocycles. The maximum atomic E-state index is 5.99. The molecule has 0 amide bonds. The lowest BCUT2D eigenvalue weighted by molar-refractivity contribution is 0.00578. The predicted molar refractivity (Wildman–Crippen MR) is 64.5 cm³/mol. The van der Waals surface area contributed by atoms with Crippen molar-refractivity contribution in [2.75, 3.05) is 13.1 Å². The molecule has 0 spiro atoms. The quantitative estimate of drug-likeness (QED) is 0.535. The molecule has 90 valence electrons. The molecule has 4 nitrogen and oxygen atoms in total. The summed E-state index contributed by atoms with van der Waals surface area (Å²) in [5, 5.41) is 1.80. The summed E-state index contributed by atoms with van der Waals surface area (Å²) in [6, 6.07) is 0. The van der Waals surface area contributed by atoms with Crippen LogP contribution in [-0.2, 0) is 9.31 Å². The summed E-state index contributed by atoms with van der Waals surface area (Å²) in [6.07, 6.45) is 3.04. The van der Waals surface area contributed by atoms with Crippen LogP contribution in [0.3, 0.4) is 0 Å². The minimum absolute atomic E-state index is 0.196. The number of hydrogen-bond acceptors (Lipinski definition) is 4. The maximum absolute atomic E-state index is 5.99. The van der Waals surface area contributed by atoms with Crippen LogP contribution in [0, 0.1) is 0 Å². The van der Waals surface area contributed by atoms with Crippen molar-refractivity contribution in [1.29, 1.82) is 0 Å². The first kappa shape index (κ1) is 12.1. The molecule has 2 rings (SSSR count). The summed E-state index contributed by atoms with van der Waals surface area (Å²) >= 11 is 0. The first-order valence-electron chi connectivity index (χ1n) is 5.86. The lowest BCUT2D eigenvalue weighted by atomic mass is 9.75. The molecule has 0 radical (unpaired) electrons. The number of hydrazine groups is 1. The second kappa shape index (κ2) is 3.84. The van der Waals surface area contributed by atoms with Gasteiger partial charge in [0.25, 0.3) is 0 Å². The van der Waals surface area contributed by atoms with Gasteiger partial charge in [0.15, 0.2) is 0 Å². The van der Waals surface area contributed by atoms with Crippen LogP contribution in [0.4, 0.5) is 0 Å². The first-order valence-corrected chi connectivity index (χ1v) is 5.86. The Morgan fingerprint density at radius 2 is 1.81 bits per heavy atom. The molecule has 5 heteroatoms. The summed E-state index contributed by atoms with van der Waals surface area (Å²) in [7, 11) is -0.196. The Kier molecular flexibility index (Phi) is 2.91. The molecule has 0 bridgehead atoms. The van der Waals surface area contributed by atoms with Crippen LogP contribution in [0.1, 0.15) is 34.1 Å². The molecule has 1 fully saturated rings. The van der Waals surface area contributed by atoms with E-state index in [0.717, 1.165) is 19.5 Å². The fourth-order valence-corrected chi connectivity index (χ4v) is 1.91. The highest BCUT2D eigenvalue weighted by Gasteiger charge is 2.52. The van der Waals surface area contributed by atoms with Crippen molar-refractivity contribution in [3.63, 3.8) is 0 Å². The van der Waals surface area contributed by atoms with E-state index in [9.17, 15) is 0 Å². The molecular weight excluding hydrogens is 203 g/mol. The minimum Gasteiger partial charge on any atom is -0.400 e. The van der Waals surface area contributed by atoms with Gasteiger partial charge in [0.2, 0.25) is 0 Å². The van der Waals surface area contributed by atoms with Crippen LogP contribution in [0.25, 0.3) is 0 Å². The van der Waals surface area contributed by atoms with Crippen molar-refractivity contribution in [1.82, 2.24) is 5.01 Å². The average Bonchev–Trinajstić information content (AvgIpc) is 2.37. The van der Waals surface area contributed by atoms with Gasteiger partial charge in [0.05, 0.1) is 11.2 Å². The van der Waals surface area contributed by atoms with E-state index in [1.165, 1.54) is 5.47 Å². The van der Waals surface area contributed by atoms with Gasteiger partial charge < -0.3 is 9.31 Å². The molecule has 0 aliphatic carbocycles. The highest BCUT2D eigenvalue weighted by Crippen LogP contribution is 2.39. The Morgan fingerprint density at radius 1 is 1.25 bits per heavy atom. The number of nitrogens with two attached hydrogens (primary N) is 1. The van der Waals surface area contributed by atoms with Crippen LogP contribution in [-0.4, -0.2) is 36.4 Å². The van der Waals surface area contributed by atoms with Crippen molar-refractivity contribution < 1.29 is 9.31 Å². The van der Waals surface area contributed by atoms with Gasteiger partial charge in [-0.1, -0.05) is 6.08 Å². The molecule has 0 atom stereocenters. The molecule has 1 saturated heterocycles. The van der Waals surface area contributed by atoms with Crippen molar-refractivity contribution in [3.8, 4) is 0 Å². The molecular formula is C11H21BN2O2. The summed E-state index contributed by atoms with van der Waals surface area (Å²) in [4.78, 5) is 0. The lowest BCUT2D eigenvalue weighted by Crippen LogP contribution is -2.41. The zero-order valence-electron chi connectivity index (χ0n) is 10.6. The van der Waals surface area contributed by atoms with Crippen LogP contribution in [0.5, 0.6) is 0 Å². The van der Waals surface area contributed by atoms with Gasteiger partial charge in [-0.05, 0) is 39.6 Å². The standard InChI is InChI=1S/C11H21BN2O2/c1-10(2)11(3,4)16-12(15-10)9-5-7-14(13)8-6-9/h5H,6-8,13H2,1-4H3. The largest absolute Gasteiger partial charge is 0.490 e. The second-order valence-electron chi connectivity index (χ2n) is 5.61. The molecule has 0 unspecified atom stereocenters. The molecule has 2 heterocycles. The Hall–Kier alpha value is -0.355. The number of rotatable bonds is 1. The minimum atomic E-state index is -0.252. The van der Waals surface area contributed by atoms with E-state index < -0.39 is 0 Å². The van der Waals surface area contributed by atoms with E-state index in [0.29, 0.717) is 0 Å². The number of hydrogen-bond donors (Lipinski definition) is 1. The molecule has 0 saturated carbocycles. The molecule has 2 aliphatic heterocycles. The summed E-state index contributed by atoms with van der Waals surface area (Å²) < 4.78 is 12.0. The predicted octanol–water partition coefficient (Wildman–Crippen LogP) is 1.12. The zero-order valence-corrected chi connectivity index (χ0v) is 10.6. The Bertz CT molecular complexity index is 299. The van der Waals surface area contributed by atoms with Gasteiger partial charge >= 0.3 is 7.12 Å². The second-order valence-corrected chi connectivity index (χ2v) is 5.61. The zero-order chi connectivity index (χ0) is 12.0. The lowest BCUT2D eigenvalue weighted by Gasteiger charge is -2.32. The van der Waals surface area contributed by atoms with Crippen LogP contribution < -0.4 is 5.84 Å². The number of nitrogens with zero attached hydrogens (tertiary/aromatic N) is 1. The molecule has 2 aliphatic rings. The first-order chi connectivity index (χ1) is 7.32. The van der Waals surface area contributed by atoms with Crippen LogP contribution in [0.2, 0.25) is 0 Å². The molecule has 2 N–H and O–H groups in total. The monoisotopic (exact) mass is 224 g/mol. The van der Waals surface area contributed by atoms with Crippen LogP contribution >= 0.6 is 0 Å². The van der Waals surface area contributed by atoms with Crippen molar-refractivity contribution in [2.24, 2.45) is 5.84 Å². The Morgan fingerprint density at radius 3 is 2.25 bits per heavy atom. The molecule has 0 aromatic rings. The van der Waals surface area contributed by atoms with Crippen molar-refractivity contribution in [2.45, 2.75) is 45.3 Å². The highest BCUT2D eigenvalue weighted by molar-refractivity contribution is 6.54. The van der Waals surface area contributed by atoms with E-state index in [1.807, 2.05) is 0 Å². The SMILES string of the molecule is CC1(C)OB(C2=CCN(N)CC2)OC1(C)C. The van der Waals surface area contributed by atoms with Gasteiger partial charge in [0, 0.05) is 13.1 Å². The average molecular weight is 224 g/mol. The van der Waals surface area contributed by atoms with E-state index in [1.54, 1.807) is 5.01 Å². The summed E-state index contributed by atoms with van der Waals surface area (Å²) in [5.74, 6) is 5.71. The van der Waals surface area contributed by atoms with Crippen molar-refractivity contribution >= 4 is 7.12 Å². The van der Waals surface area contributed by atoms with Gasteiger partial charge in [-0.3, -0.25) is 5.84 Å².